The summed E-state index contributed by atoms with van der Waals surface area (Å²) in [6.07, 6.45) is 0. The van der Waals surface area contributed by atoms with Crippen molar-refractivity contribution in [1.29, 1.82) is 0 Å². The summed E-state index contributed by atoms with van der Waals surface area (Å²) >= 11 is 0. The third kappa shape index (κ3) is 3.55. The summed E-state index contributed by atoms with van der Waals surface area (Å²) in [5, 5.41) is 1.44. The Balaban J connectivity index is 2.30. The number of hydrogen-bond donors (Lipinski definition) is 0. The van der Waals surface area contributed by atoms with Crippen LogP contribution in [0.1, 0.15) is 41.5 Å². The maximum atomic E-state index is 6.57. The standard InChI is InChI=1S/C23H31O3P/c1-22(2,3)21-26-18-14-9-11-15(20(18)27(21)23(4,5)6)19-16(24-7)12-10-13-17(19)25-8/h9-14,21H,1-8H3/t21-,27+/m0/s1. The second-order valence-electron chi connectivity index (χ2n) is 9.07. The number of methoxy groups -OCH3 is 2. The average Bonchev–Trinajstić information content (AvgIpc) is 3.01. The highest BCUT2D eigenvalue weighted by atomic mass is 31.1. The smallest absolute Gasteiger partial charge is 0.130 e. The quantitative estimate of drug-likeness (QED) is 0.602. The van der Waals surface area contributed by atoms with Crippen LogP contribution in [0, 0.1) is 5.41 Å². The lowest BCUT2D eigenvalue weighted by Crippen LogP contribution is -2.33. The highest BCUT2D eigenvalue weighted by Gasteiger charge is 2.48. The zero-order valence-electron chi connectivity index (χ0n) is 17.7. The lowest BCUT2D eigenvalue weighted by molar-refractivity contribution is 0.166. The van der Waals surface area contributed by atoms with Crippen molar-refractivity contribution in [3.8, 4) is 28.4 Å². The van der Waals surface area contributed by atoms with Crippen LogP contribution in [0.5, 0.6) is 17.2 Å². The molecule has 146 valence electrons. The van der Waals surface area contributed by atoms with Crippen LogP contribution in [-0.4, -0.2) is 25.2 Å². The summed E-state index contributed by atoms with van der Waals surface area (Å²) in [5.74, 6) is 2.82. The number of ether oxygens (including phenoxy) is 3. The molecule has 0 saturated heterocycles. The lowest BCUT2D eigenvalue weighted by Gasteiger charge is -2.38. The van der Waals surface area contributed by atoms with Gasteiger partial charge in [-0.25, -0.2) is 0 Å². The average molecular weight is 386 g/mol. The summed E-state index contributed by atoms with van der Waals surface area (Å²) in [4.78, 5) is 0. The number of benzene rings is 2. The van der Waals surface area contributed by atoms with Crippen molar-refractivity contribution in [3.05, 3.63) is 36.4 Å². The largest absolute Gasteiger partial charge is 0.496 e. The van der Waals surface area contributed by atoms with E-state index in [0.29, 0.717) is 0 Å². The first-order valence-corrected chi connectivity index (χ1v) is 10.8. The van der Waals surface area contributed by atoms with E-state index < -0.39 is 7.92 Å². The van der Waals surface area contributed by atoms with Gasteiger partial charge >= 0.3 is 0 Å². The Morgan fingerprint density at radius 2 is 1.41 bits per heavy atom. The highest BCUT2D eigenvalue weighted by molar-refractivity contribution is 7.68. The van der Waals surface area contributed by atoms with Gasteiger partial charge in [-0.15, -0.1) is 0 Å². The van der Waals surface area contributed by atoms with Gasteiger partial charge in [0.15, 0.2) is 0 Å². The molecule has 0 unspecified atom stereocenters. The van der Waals surface area contributed by atoms with Crippen LogP contribution >= 0.6 is 7.92 Å². The molecule has 2 atom stereocenters. The predicted octanol–water partition coefficient (Wildman–Crippen LogP) is 6.04. The molecule has 3 nitrogen and oxygen atoms in total. The van der Waals surface area contributed by atoms with Gasteiger partial charge in [0.2, 0.25) is 0 Å². The maximum Gasteiger partial charge on any atom is 0.130 e. The van der Waals surface area contributed by atoms with E-state index in [2.05, 4.69) is 59.7 Å². The molecule has 0 bridgehead atoms. The Morgan fingerprint density at radius 1 is 0.852 bits per heavy atom. The van der Waals surface area contributed by atoms with Crippen LogP contribution in [-0.2, 0) is 0 Å². The Morgan fingerprint density at radius 3 is 1.89 bits per heavy atom. The topological polar surface area (TPSA) is 27.7 Å². The molecule has 1 heterocycles. The van der Waals surface area contributed by atoms with Gasteiger partial charge in [-0.05, 0) is 31.3 Å². The van der Waals surface area contributed by atoms with Gasteiger partial charge in [-0.2, -0.15) is 0 Å². The fourth-order valence-corrected chi connectivity index (χ4v) is 7.14. The van der Waals surface area contributed by atoms with Crippen molar-refractivity contribution in [2.45, 2.75) is 52.5 Å². The van der Waals surface area contributed by atoms with Crippen molar-refractivity contribution >= 4 is 13.2 Å². The monoisotopic (exact) mass is 386 g/mol. The van der Waals surface area contributed by atoms with Crippen molar-refractivity contribution in [3.63, 3.8) is 0 Å². The predicted molar refractivity (Wildman–Crippen MR) is 115 cm³/mol. The van der Waals surface area contributed by atoms with Crippen molar-refractivity contribution in [1.82, 2.24) is 0 Å². The first-order chi connectivity index (χ1) is 12.6. The van der Waals surface area contributed by atoms with Crippen molar-refractivity contribution in [2.75, 3.05) is 14.2 Å². The first-order valence-electron chi connectivity index (χ1n) is 9.40. The Kier molecular flexibility index (Phi) is 5.20. The van der Waals surface area contributed by atoms with Crippen LogP contribution in [0.25, 0.3) is 11.1 Å². The van der Waals surface area contributed by atoms with Crippen LogP contribution in [0.2, 0.25) is 0 Å². The Hall–Kier alpha value is -1.73. The summed E-state index contributed by atoms with van der Waals surface area (Å²) in [6, 6.07) is 12.3. The van der Waals surface area contributed by atoms with Crippen LogP contribution in [0.15, 0.2) is 36.4 Å². The Labute approximate surface area is 164 Å². The molecular formula is C23H31O3P. The molecule has 1 aliphatic heterocycles. The molecule has 0 fully saturated rings. The summed E-state index contributed by atoms with van der Waals surface area (Å²) in [6.45, 7) is 13.8. The second kappa shape index (κ2) is 7.02. The normalized spacial score (nSPS) is 19.4. The molecular weight excluding hydrogens is 355 g/mol. The molecule has 0 spiro atoms. The van der Waals surface area contributed by atoms with Gasteiger partial charge in [0, 0.05) is 16.3 Å². The summed E-state index contributed by atoms with van der Waals surface area (Å²) in [7, 11) is 2.86. The van der Waals surface area contributed by atoms with Gasteiger partial charge in [0.25, 0.3) is 0 Å². The first kappa shape index (κ1) is 20.0. The number of hydrogen-bond acceptors (Lipinski definition) is 3. The van der Waals surface area contributed by atoms with Gasteiger partial charge in [-0.3, -0.25) is 0 Å². The molecule has 0 saturated carbocycles. The zero-order valence-corrected chi connectivity index (χ0v) is 18.6. The molecule has 3 rings (SSSR count). The van der Waals surface area contributed by atoms with E-state index >= 15 is 0 Å². The van der Waals surface area contributed by atoms with Gasteiger partial charge < -0.3 is 14.2 Å². The molecule has 0 amide bonds. The van der Waals surface area contributed by atoms with Gasteiger partial charge in [0.05, 0.1) is 19.8 Å². The fraction of sp³-hybridized carbons (Fsp3) is 0.478. The summed E-state index contributed by atoms with van der Waals surface area (Å²) in [5.41, 5.74) is 2.23. The van der Waals surface area contributed by atoms with Crippen LogP contribution in [0.4, 0.5) is 0 Å². The minimum absolute atomic E-state index is 0.0557. The molecule has 0 radical (unpaired) electrons. The van der Waals surface area contributed by atoms with E-state index in [1.165, 1.54) is 5.30 Å². The van der Waals surface area contributed by atoms with E-state index in [9.17, 15) is 0 Å². The zero-order chi connectivity index (χ0) is 20.0. The van der Waals surface area contributed by atoms with E-state index in [4.69, 9.17) is 14.2 Å². The molecule has 0 N–H and O–H groups in total. The van der Waals surface area contributed by atoms with E-state index in [1.54, 1.807) is 14.2 Å². The highest BCUT2D eigenvalue weighted by Crippen LogP contribution is 2.64. The van der Waals surface area contributed by atoms with Crippen molar-refractivity contribution < 1.29 is 14.2 Å². The third-order valence-corrected chi connectivity index (χ3v) is 8.61. The van der Waals surface area contributed by atoms with Gasteiger partial charge in [-0.1, -0.05) is 59.7 Å². The Bertz CT molecular complexity index is 808. The number of fused-ring (bicyclic) bond motifs is 1. The number of rotatable bonds is 3. The third-order valence-electron chi connectivity index (χ3n) is 4.87. The van der Waals surface area contributed by atoms with E-state index in [1.807, 2.05) is 18.2 Å². The van der Waals surface area contributed by atoms with E-state index in [-0.39, 0.29) is 16.4 Å². The van der Waals surface area contributed by atoms with E-state index in [0.717, 1.165) is 28.4 Å². The minimum atomic E-state index is -0.566. The SMILES string of the molecule is COc1cccc(OC)c1-c1cccc2c1[P@@](C(C)(C)C)[C@@H](C(C)(C)C)O2. The van der Waals surface area contributed by atoms with Crippen LogP contribution < -0.4 is 19.5 Å². The molecule has 0 aromatic heterocycles. The molecule has 0 aliphatic carbocycles. The molecule has 2 aromatic carbocycles. The van der Waals surface area contributed by atoms with Crippen molar-refractivity contribution in [2.24, 2.45) is 5.41 Å². The molecule has 1 aliphatic rings. The molecule has 2 aromatic rings. The minimum Gasteiger partial charge on any atom is -0.496 e. The fourth-order valence-electron chi connectivity index (χ4n) is 3.73. The van der Waals surface area contributed by atoms with Gasteiger partial charge in [0.1, 0.15) is 23.1 Å². The lowest BCUT2D eigenvalue weighted by atomic mass is 9.98. The van der Waals surface area contributed by atoms with Crippen LogP contribution in [0.3, 0.4) is 0 Å². The molecule has 4 heteroatoms. The summed E-state index contributed by atoms with van der Waals surface area (Å²) < 4.78 is 18.0. The maximum absolute atomic E-state index is 6.57. The second-order valence-corrected chi connectivity index (χ2v) is 12.1. The molecule has 27 heavy (non-hydrogen) atoms.